The fraction of sp³-hybridized carbons (Fsp3) is 0.714. The van der Waals surface area contributed by atoms with E-state index in [1.807, 2.05) is 9.47 Å². The van der Waals surface area contributed by atoms with Crippen LogP contribution in [-0.2, 0) is 4.74 Å². The van der Waals surface area contributed by atoms with Gasteiger partial charge in [0.05, 0.1) is 13.2 Å². The lowest BCUT2D eigenvalue weighted by atomic mass is 9.95. The summed E-state index contributed by atoms with van der Waals surface area (Å²) in [6.45, 7) is 2.46. The van der Waals surface area contributed by atoms with E-state index in [-0.39, 0.29) is 5.91 Å². The van der Waals surface area contributed by atoms with E-state index in [1.165, 1.54) is 30.6 Å². The molecule has 1 aromatic rings. The maximum Gasteiger partial charge on any atom is 0.267 e. The van der Waals surface area contributed by atoms with Gasteiger partial charge >= 0.3 is 0 Å². The number of rotatable bonds is 2. The number of nitrogen functional groups attached to an aromatic ring is 1. The maximum atomic E-state index is 12.6. The average Bonchev–Trinajstić information content (AvgIpc) is 2.83. The first-order chi connectivity index (χ1) is 10.2. The Hall–Kier alpha value is -0.920. The molecule has 1 aliphatic heterocycles. The van der Waals surface area contributed by atoms with Crippen LogP contribution in [0.25, 0.3) is 0 Å². The first kappa shape index (κ1) is 15.0. The molecule has 21 heavy (non-hydrogen) atoms. The molecule has 1 saturated heterocycles. The third-order valence-electron chi connectivity index (χ3n) is 4.31. The van der Waals surface area contributed by atoms with Crippen LogP contribution < -0.4 is 5.73 Å². The molecule has 1 saturated carbocycles. The topological polar surface area (TPSA) is 60.5 Å². The fourth-order valence-electron chi connectivity index (χ4n) is 3.14. The highest BCUT2D eigenvalue weighted by atomic mass is 32.1. The lowest BCUT2D eigenvalue weighted by Crippen LogP contribution is -2.40. The van der Waals surface area contributed by atoms with Gasteiger partial charge in [0.1, 0.15) is 10.7 Å². The Kier molecular flexibility index (Phi) is 4.61. The van der Waals surface area contributed by atoms with Gasteiger partial charge in [-0.15, -0.1) is 0 Å². The molecule has 5 nitrogen and oxygen atoms in total. The van der Waals surface area contributed by atoms with Crippen molar-refractivity contribution in [1.29, 1.82) is 0 Å². The van der Waals surface area contributed by atoms with Gasteiger partial charge in [0.25, 0.3) is 5.91 Å². The number of amides is 1. The Morgan fingerprint density at radius 3 is 2.57 bits per heavy atom. The van der Waals surface area contributed by atoms with E-state index < -0.39 is 0 Å². The second-order valence-corrected chi connectivity index (χ2v) is 7.29. The van der Waals surface area contributed by atoms with Gasteiger partial charge in [0.2, 0.25) is 0 Å². The van der Waals surface area contributed by atoms with Crippen molar-refractivity contribution in [2.75, 3.05) is 32.0 Å². The number of morpholine rings is 1. The summed E-state index contributed by atoms with van der Waals surface area (Å²) in [6, 6.07) is 0.369. The number of carbonyl (C=O) groups is 1. The minimum absolute atomic E-state index is 0.00135. The Morgan fingerprint density at radius 2 is 1.90 bits per heavy atom. The number of ether oxygens (including phenoxy) is 1. The molecule has 2 N–H and O–H groups in total. The molecule has 0 aromatic carbocycles. The van der Waals surface area contributed by atoms with E-state index in [1.54, 1.807) is 0 Å². The number of aromatic nitrogens is 1. The van der Waals surface area contributed by atoms with Crippen molar-refractivity contribution in [2.24, 2.45) is 0 Å². The van der Waals surface area contributed by atoms with Crippen LogP contribution in [-0.4, -0.2) is 41.7 Å². The molecule has 7 heteroatoms. The quantitative estimate of drug-likeness (QED) is 0.849. The molecule has 0 spiro atoms. The molecule has 3 rings (SSSR count). The first-order valence-corrected chi connectivity index (χ1v) is 8.79. The van der Waals surface area contributed by atoms with Gasteiger partial charge in [0, 0.05) is 19.1 Å². The summed E-state index contributed by atoms with van der Waals surface area (Å²) < 4.78 is 8.05. The van der Waals surface area contributed by atoms with E-state index >= 15 is 0 Å². The van der Waals surface area contributed by atoms with E-state index in [0.29, 0.717) is 43.0 Å². The summed E-state index contributed by atoms with van der Waals surface area (Å²) in [7, 11) is 0. The Labute approximate surface area is 133 Å². The smallest absolute Gasteiger partial charge is 0.267 e. The first-order valence-electron chi connectivity index (χ1n) is 7.56. The molecule has 1 aliphatic carbocycles. The van der Waals surface area contributed by atoms with Crippen LogP contribution in [0.5, 0.6) is 0 Å². The molecule has 1 amide bonds. The predicted molar refractivity (Wildman–Crippen MR) is 86.4 cm³/mol. The van der Waals surface area contributed by atoms with Gasteiger partial charge in [-0.3, -0.25) is 4.79 Å². The molecule has 2 fully saturated rings. The molecule has 2 heterocycles. The van der Waals surface area contributed by atoms with Crippen molar-refractivity contribution in [2.45, 2.75) is 38.1 Å². The number of anilines is 1. The van der Waals surface area contributed by atoms with Crippen molar-refractivity contribution in [1.82, 2.24) is 9.47 Å². The summed E-state index contributed by atoms with van der Waals surface area (Å²) in [5, 5.41) is 0. The molecule has 0 atom stereocenters. The van der Waals surface area contributed by atoms with Gasteiger partial charge in [0.15, 0.2) is 3.95 Å². The van der Waals surface area contributed by atoms with Crippen molar-refractivity contribution in [3.05, 3.63) is 8.83 Å². The van der Waals surface area contributed by atoms with E-state index in [9.17, 15) is 4.79 Å². The highest BCUT2D eigenvalue weighted by Crippen LogP contribution is 2.35. The van der Waals surface area contributed by atoms with Crippen LogP contribution in [0.2, 0.25) is 0 Å². The van der Waals surface area contributed by atoms with Crippen molar-refractivity contribution < 1.29 is 9.53 Å². The van der Waals surface area contributed by atoms with Gasteiger partial charge in [-0.05, 0) is 25.1 Å². The number of thiazole rings is 1. The highest BCUT2D eigenvalue weighted by molar-refractivity contribution is 7.73. The molecule has 0 bridgehead atoms. The number of carbonyl (C=O) groups excluding carboxylic acids is 1. The van der Waals surface area contributed by atoms with Crippen LogP contribution in [0.3, 0.4) is 0 Å². The summed E-state index contributed by atoms with van der Waals surface area (Å²) in [6.07, 6.45) is 5.94. The minimum Gasteiger partial charge on any atom is -0.384 e. The van der Waals surface area contributed by atoms with Gasteiger partial charge in [-0.25, -0.2) is 0 Å². The number of hydrogen-bond acceptors (Lipinski definition) is 5. The lowest BCUT2D eigenvalue weighted by Gasteiger charge is -2.27. The summed E-state index contributed by atoms with van der Waals surface area (Å²) in [5.41, 5.74) is 6.27. The van der Waals surface area contributed by atoms with Crippen molar-refractivity contribution >= 4 is 35.3 Å². The molecule has 2 aliphatic rings. The second kappa shape index (κ2) is 6.46. The number of nitrogens with zero attached hydrogens (tertiary/aromatic N) is 2. The molecular weight excluding hydrogens is 306 g/mol. The average molecular weight is 327 g/mol. The standard InChI is InChI=1S/C14H21N3O2S2/c15-12-11(13(18)16-6-8-19-9-7-16)21-14(20)17(12)10-4-2-1-3-5-10/h10H,1-9,15H2. The Bertz CT molecular complexity index is 569. The Balaban J connectivity index is 1.86. The molecule has 0 radical (unpaired) electrons. The predicted octanol–water partition coefficient (Wildman–Crippen LogP) is 2.84. The third kappa shape index (κ3) is 3.00. The monoisotopic (exact) mass is 327 g/mol. The zero-order valence-corrected chi connectivity index (χ0v) is 13.7. The summed E-state index contributed by atoms with van der Waals surface area (Å²) >= 11 is 6.83. The number of nitrogens with two attached hydrogens (primary N) is 1. The SMILES string of the molecule is Nc1c(C(=O)N2CCOCC2)sc(=S)n1C1CCCCC1. The largest absolute Gasteiger partial charge is 0.384 e. The molecule has 1 aromatic heterocycles. The van der Waals surface area contributed by atoms with Crippen molar-refractivity contribution in [3.63, 3.8) is 0 Å². The van der Waals surface area contributed by atoms with Crippen LogP contribution in [0.4, 0.5) is 5.82 Å². The zero-order valence-electron chi connectivity index (χ0n) is 12.0. The number of hydrogen-bond donors (Lipinski definition) is 1. The highest BCUT2D eigenvalue weighted by Gasteiger charge is 2.27. The second-order valence-electron chi connectivity index (χ2n) is 5.65. The van der Waals surface area contributed by atoms with Gasteiger partial charge < -0.3 is 19.9 Å². The summed E-state index contributed by atoms with van der Waals surface area (Å²) in [5.74, 6) is 0.565. The van der Waals surface area contributed by atoms with Crippen LogP contribution in [0, 0.1) is 3.95 Å². The minimum atomic E-state index is 0.00135. The van der Waals surface area contributed by atoms with Gasteiger partial charge in [-0.2, -0.15) is 0 Å². The zero-order chi connectivity index (χ0) is 14.8. The van der Waals surface area contributed by atoms with E-state index in [2.05, 4.69) is 0 Å². The van der Waals surface area contributed by atoms with Crippen molar-refractivity contribution in [3.8, 4) is 0 Å². The third-order valence-corrected chi connectivity index (χ3v) is 5.72. The molecular formula is C14H21N3O2S2. The van der Waals surface area contributed by atoms with E-state index in [4.69, 9.17) is 22.7 Å². The van der Waals surface area contributed by atoms with Crippen LogP contribution >= 0.6 is 23.6 Å². The van der Waals surface area contributed by atoms with Crippen LogP contribution in [0.1, 0.15) is 47.8 Å². The molecule has 116 valence electrons. The maximum absolute atomic E-state index is 12.6. The lowest BCUT2D eigenvalue weighted by molar-refractivity contribution is 0.0306. The Morgan fingerprint density at radius 1 is 1.24 bits per heavy atom. The molecule has 0 unspecified atom stereocenters. The normalized spacial score (nSPS) is 20.7. The van der Waals surface area contributed by atoms with Gasteiger partial charge in [-0.1, -0.05) is 30.6 Å². The van der Waals surface area contributed by atoms with Crippen LogP contribution in [0.15, 0.2) is 0 Å². The fourth-order valence-corrected chi connectivity index (χ4v) is 4.58. The van der Waals surface area contributed by atoms with E-state index in [0.717, 1.165) is 16.8 Å². The summed E-state index contributed by atoms with van der Waals surface area (Å²) in [4.78, 5) is 15.0.